The van der Waals surface area contributed by atoms with Gasteiger partial charge in [-0.1, -0.05) is 0 Å². The van der Waals surface area contributed by atoms with Crippen LogP contribution in [-0.2, 0) is 25.6 Å². The van der Waals surface area contributed by atoms with Gasteiger partial charge in [-0.25, -0.2) is 4.39 Å². The Bertz CT molecular complexity index is 943. The molecule has 2 rings (SSSR count). The van der Waals surface area contributed by atoms with E-state index in [2.05, 4.69) is 5.32 Å². The van der Waals surface area contributed by atoms with Crippen molar-refractivity contribution >= 4 is 35.1 Å². The molecular formula is C23H29FN2O5S. The number of nitrogens with zero attached hydrogens (tertiary/aromatic N) is 1. The first-order valence-electron chi connectivity index (χ1n) is 10.3. The summed E-state index contributed by atoms with van der Waals surface area (Å²) in [4.78, 5) is 36.8. The molecule has 7 nitrogen and oxygen atoms in total. The average Bonchev–Trinajstić information content (AvgIpc) is 3.05. The monoisotopic (exact) mass is 464 g/mol. The van der Waals surface area contributed by atoms with Crippen LogP contribution in [0.5, 0.6) is 0 Å². The Morgan fingerprint density at radius 2 is 1.88 bits per heavy atom. The third-order valence-corrected chi connectivity index (χ3v) is 6.00. The molecule has 0 aliphatic carbocycles. The van der Waals surface area contributed by atoms with Crippen LogP contribution in [0.1, 0.15) is 35.1 Å². The van der Waals surface area contributed by atoms with E-state index in [1.165, 1.54) is 24.3 Å². The number of ketones is 1. The van der Waals surface area contributed by atoms with Gasteiger partial charge in [0.15, 0.2) is 6.61 Å². The fourth-order valence-corrected chi connectivity index (χ4v) is 3.80. The lowest BCUT2D eigenvalue weighted by atomic mass is 10.1. The molecule has 0 radical (unpaired) electrons. The second-order valence-electron chi connectivity index (χ2n) is 7.32. The maximum absolute atomic E-state index is 12.9. The number of aromatic nitrogens is 1. The zero-order valence-corrected chi connectivity index (χ0v) is 19.6. The molecule has 0 saturated carbocycles. The average molecular weight is 465 g/mol. The van der Waals surface area contributed by atoms with Crippen molar-refractivity contribution in [2.75, 3.05) is 31.4 Å². The SMILES string of the molecule is COCCCn1c(C)cc(C(=O)COC(=O)C(C)SCC(=O)Nc2ccc(F)cc2)c1C. The minimum Gasteiger partial charge on any atom is -0.456 e. The molecular weight excluding hydrogens is 435 g/mol. The van der Waals surface area contributed by atoms with Crippen LogP contribution in [-0.4, -0.2) is 53.6 Å². The predicted octanol–water partition coefficient (Wildman–Crippen LogP) is 3.77. The van der Waals surface area contributed by atoms with Crippen LogP contribution in [0, 0.1) is 19.7 Å². The lowest BCUT2D eigenvalue weighted by molar-refractivity contribution is -0.141. The summed E-state index contributed by atoms with van der Waals surface area (Å²) >= 11 is 1.10. The molecule has 1 amide bonds. The summed E-state index contributed by atoms with van der Waals surface area (Å²) in [6, 6.07) is 7.20. The number of rotatable bonds is 12. The van der Waals surface area contributed by atoms with Gasteiger partial charge in [0.2, 0.25) is 11.7 Å². The third-order valence-electron chi connectivity index (χ3n) is 4.87. The number of Topliss-reactive ketones (excluding diaryl/α,β-unsaturated/α-hetero) is 1. The highest BCUT2D eigenvalue weighted by atomic mass is 32.2. The molecule has 0 spiro atoms. The highest BCUT2D eigenvalue weighted by Gasteiger charge is 2.21. The number of carbonyl (C=O) groups excluding carboxylic acids is 3. The van der Waals surface area contributed by atoms with Gasteiger partial charge in [0, 0.05) is 42.9 Å². The van der Waals surface area contributed by atoms with E-state index in [-0.39, 0.29) is 24.1 Å². The molecule has 0 aliphatic heterocycles. The van der Waals surface area contributed by atoms with E-state index in [1.807, 2.05) is 18.4 Å². The number of esters is 1. The highest BCUT2D eigenvalue weighted by molar-refractivity contribution is 8.01. The largest absolute Gasteiger partial charge is 0.456 e. The minimum absolute atomic E-state index is 0.0181. The van der Waals surface area contributed by atoms with E-state index in [0.717, 1.165) is 36.1 Å². The number of nitrogens with one attached hydrogen (secondary N) is 1. The summed E-state index contributed by atoms with van der Waals surface area (Å²) in [6.07, 6.45) is 0.832. The molecule has 0 fully saturated rings. The zero-order valence-electron chi connectivity index (χ0n) is 18.8. The first kappa shape index (κ1) is 25.6. The number of benzene rings is 1. The second-order valence-corrected chi connectivity index (χ2v) is 8.65. The smallest absolute Gasteiger partial charge is 0.319 e. The summed E-state index contributed by atoms with van der Waals surface area (Å²) < 4.78 is 25.2. The highest BCUT2D eigenvalue weighted by Crippen LogP contribution is 2.18. The van der Waals surface area contributed by atoms with E-state index in [9.17, 15) is 18.8 Å². The number of aryl methyl sites for hydroxylation is 1. The summed E-state index contributed by atoms with van der Waals surface area (Å²) in [5.74, 6) is -1.53. The number of carbonyl (C=O) groups is 3. The zero-order chi connectivity index (χ0) is 23.7. The van der Waals surface area contributed by atoms with Crippen molar-refractivity contribution in [2.45, 2.75) is 39.0 Å². The number of amides is 1. The Labute approximate surface area is 191 Å². The van der Waals surface area contributed by atoms with E-state index in [0.29, 0.717) is 17.9 Å². The normalized spacial score (nSPS) is 11.8. The fourth-order valence-electron chi connectivity index (χ4n) is 3.13. The summed E-state index contributed by atoms with van der Waals surface area (Å²) in [5, 5.41) is 2.00. The van der Waals surface area contributed by atoms with Gasteiger partial charge in [0.25, 0.3) is 0 Å². The van der Waals surface area contributed by atoms with Gasteiger partial charge in [-0.3, -0.25) is 14.4 Å². The number of halogens is 1. The Morgan fingerprint density at radius 1 is 1.19 bits per heavy atom. The molecule has 1 unspecified atom stereocenters. The molecule has 0 aliphatic rings. The van der Waals surface area contributed by atoms with Crippen LogP contribution < -0.4 is 5.32 Å². The standard InChI is InChI=1S/C23H29FN2O5S/c1-15-12-20(16(2)26(15)10-5-11-30-4)21(27)13-31-23(29)17(3)32-14-22(28)25-19-8-6-18(24)7-9-19/h6-9,12,17H,5,10-11,13-14H2,1-4H3,(H,25,28). The number of hydrogen-bond acceptors (Lipinski definition) is 6. The lowest BCUT2D eigenvalue weighted by Crippen LogP contribution is -2.24. The third kappa shape index (κ3) is 7.49. The number of methoxy groups -OCH3 is 1. The van der Waals surface area contributed by atoms with Crippen LogP contribution in [0.15, 0.2) is 30.3 Å². The van der Waals surface area contributed by atoms with Gasteiger partial charge in [-0.2, -0.15) is 0 Å². The van der Waals surface area contributed by atoms with Crippen LogP contribution in [0.3, 0.4) is 0 Å². The topological polar surface area (TPSA) is 86.6 Å². The fraction of sp³-hybridized carbons (Fsp3) is 0.435. The predicted molar refractivity (Wildman–Crippen MR) is 123 cm³/mol. The number of anilines is 1. The second kappa shape index (κ2) is 12.4. The van der Waals surface area contributed by atoms with E-state index >= 15 is 0 Å². The summed E-state index contributed by atoms with van der Waals surface area (Å²) in [6.45, 7) is 6.44. The first-order chi connectivity index (χ1) is 15.2. The maximum Gasteiger partial charge on any atom is 0.319 e. The molecule has 1 aromatic carbocycles. The Morgan fingerprint density at radius 3 is 2.53 bits per heavy atom. The van der Waals surface area contributed by atoms with Crippen LogP contribution in [0.2, 0.25) is 0 Å². The Hall–Kier alpha value is -2.65. The van der Waals surface area contributed by atoms with Crippen LogP contribution in [0.4, 0.5) is 10.1 Å². The number of hydrogen-bond donors (Lipinski definition) is 1. The van der Waals surface area contributed by atoms with Gasteiger partial charge in [-0.05, 0) is 57.5 Å². The molecule has 1 N–H and O–H groups in total. The molecule has 2 aromatic rings. The van der Waals surface area contributed by atoms with Gasteiger partial charge < -0.3 is 19.4 Å². The number of thioether (sulfide) groups is 1. The Kier molecular flexibility index (Phi) is 9.93. The van der Waals surface area contributed by atoms with Crippen molar-refractivity contribution in [3.05, 3.63) is 53.1 Å². The maximum atomic E-state index is 12.9. The molecule has 1 heterocycles. The minimum atomic E-state index is -0.622. The van der Waals surface area contributed by atoms with Crippen molar-refractivity contribution < 1.29 is 28.2 Å². The van der Waals surface area contributed by atoms with Crippen molar-refractivity contribution in [1.82, 2.24) is 4.57 Å². The van der Waals surface area contributed by atoms with Crippen molar-refractivity contribution in [3.8, 4) is 0 Å². The van der Waals surface area contributed by atoms with Gasteiger partial charge in [-0.15, -0.1) is 11.8 Å². The molecule has 1 aromatic heterocycles. The van der Waals surface area contributed by atoms with Crippen molar-refractivity contribution in [3.63, 3.8) is 0 Å². The lowest BCUT2D eigenvalue weighted by Gasteiger charge is -2.12. The van der Waals surface area contributed by atoms with Gasteiger partial charge in [0.1, 0.15) is 11.1 Å². The molecule has 0 bridgehead atoms. The van der Waals surface area contributed by atoms with Gasteiger partial charge in [0.05, 0.1) is 5.75 Å². The first-order valence-corrected chi connectivity index (χ1v) is 11.3. The number of ether oxygens (including phenoxy) is 2. The van der Waals surface area contributed by atoms with Gasteiger partial charge >= 0.3 is 5.97 Å². The molecule has 1 atom stereocenters. The summed E-state index contributed by atoms with van der Waals surface area (Å²) in [7, 11) is 1.65. The van der Waals surface area contributed by atoms with Crippen molar-refractivity contribution in [2.24, 2.45) is 0 Å². The van der Waals surface area contributed by atoms with Crippen LogP contribution in [0.25, 0.3) is 0 Å². The van der Waals surface area contributed by atoms with Crippen molar-refractivity contribution in [1.29, 1.82) is 0 Å². The quantitative estimate of drug-likeness (QED) is 0.292. The molecule has 9 heteroatoms. The van der Waals surface area contributed by atoms with E-state index < -0.39 is 17.0 Å². The molecule has 32 heavy (non-hydrogen) atoms. The van der Waals surface area contributed by atoms with Crippen LogP contribution >= 0.6 is 11.8 Å². The molecule has 174 valence electrons. The van der Waals surface area contributed by atoms with E-state index in [4.69, 9.17) is 9.47 Å². The Balaban J connectivity index is 1.80. The molecule has 0 saturated heterocycles. The van der Waals surface area contributed by atoms with E-state index in [1.54, 1.807) is 20.1 Å². The summed E-state index contributed by atoms with van der Waals surface area (Å²) in [5.41, 5.74) is 2.80.